The van der Waals surface area contributed by atoms with Gasteiger partial charge in [0, 0.05) is 24.4 Å². The van der Waals surface area contributed by atoms with Crippen molar-refractivity contribution in [2.75, 3.05) is 13.7 Å². The van der Waals surface area contributed by atoms with E-state index in [0.717, 1.165) is 24.8 Å². The molecule has 0 fully saturated rings. The third-order valence-electron chi connectivity index (χ3n) is 2.67. The Morgan fingerprint density at radius 2 is 1.90 bits per heavy atom. The van der Waals surface area contributed by atoms with E-state index in [-0.39, 0.29) is 11.9 Å². The Labute approximate surface area is 119 Å². The van der Waals surface area contributed by atoms with Gasteiger partial charge in [0.25, 0.3) is 5.91 Å². The van der Waals surface area contributed by atoms with Gasteiger partial charge in [0.1, 0.15) is 0 Å². The normalized spacial score (nSPS) is 9.25. The number of ether oxygens (including phenoxy) is 1. The maximum Gasteiger partial charge on any atom is 0.305 e. The number of amides is 1. The highest BCUT2D eigenvalue weighted by atomic mass is 16.5. The summed E-state index contributed by atoms with van der Waals surface area (Å²) >= 11 is 0. The van der Waals surface area contributed by atoms with Gasteiger partial charge in [-0.15, -0.1) is 0 Å². The zero-order valence-corrected chi connectivity index (χ0v) is 11.6. The van der Waals surface area contributed by atoms with Crippen LogP contribution in [0.4, 0.5) is 0 Å². The lowest BCUT2D eigenvalue weighted by Gasteiger charge is -2.01. The van der Waals surface area contributed by atoms with Crippen LogP contribution in [0.15, 0.2) is 30.3 Å². The number of hydrogen-bond acceptors (Lipinski definition) is 3. The van der Waals surface area contributed by atoms with Crippen LogP contribution in [-0.4, -0.2) is 25.5 Å². The molecular formula is C16H19NO3. The van der Waals surface area contributed by atoms with Crippen LogP contribution in [0.25, 0.3) is 0 Å². The fourth-order valence-electron chi connectivity index (χ4n) is 1.57. The van der Waals surface area contributed by atoms with Crippen molar-refractivity contribution in [3.8, 4) is 11.8 Å². The summed E-state index contributed by atoms with van der Waals surface area (Å²) in [6, 6.07) is 9.37. The maximum absolute atomic E-state index is 11.4. The predicted molar refractivity (Wildman–Crippen MR) is 76.8 cm³/mol. The summed E-state index contributed by atoms with van der Waals surface area (Å²) in [5.41, 5.74) is 0.820. The van der Waals surface area contributed by atoms with E-state index >= 15 is 0 Å². The monoisotopic (exact) mass is 273 g/mol. The highest BCUT2D eigenvalue weighted by molar-refractivity contribution is 5.94. The molecule has 20 heavy (non-hydrogen) atoms. The summed E-state index contributed by atoms with van der Waals surface area (Å²) in [4.78, 5) is 22.3. The first kappa shape index (κ1) is 15.8. The summed E-state index contributed by atoms with van der Waals surface area (Å²) in [5.74, 6) is 4.87. The summed E-state index contributed by atoms with van der Waals surface area (Å²) in [6.07, 6.45) is 2.91. The van der Waals surface area contributed by atoms with E-state index in [2.05, 4.69) is 21.9 Å². The van der Waals surface area contributed by atoms with Crippen molar-refractivity contribution in [1.29, 1.82) is 0 Å². The minimum atomic E-state index is -0.276. The number of esters is 1. The maximum atomic E-state index is 11.4. The molecule has 4 heteroatoms. The minimum absolute atomic E-state index is 0.192. The van der Waals surface area contributed by atoms with E-state index in [1.165, 1.54) is 7.11 Å². The lowest BCUT2D eigenvalue weighted by molar-refractivity contribution is -0.140. The standard InChI is InChI=1S/C16H19NO3/c1-20-16(19)10-6-3-7-13-17-15(18)12-11-14-8-4-2-5-9-14/h2,4-5,8-9H,3,6-7,10,13H2,1H3,(H,17,18). The first-order valence-electron chi connectivity index (χ1n) is 6.64. The Bertz CT molecular complexity index is 485. The number of rotatable bonds is 6. The molecule has 0 aromatic heterocycles. The van der Waals surface area contributed by atoms with Crippen LogP contribution in [0.2, 0.25) is 0 Å². The van der Waals surface area contributed by atoms with Gasteiger partial charge in [-0.3, -0.25) is 9.59 Å². The Hall–Kier alpha value is -2.28. The molecule has 0 unspecified atom stereocenters. The van der Waals surface area contributed by atoms with Crippen molar-refractivity contribution in [2.24, 2.45) is 0 Å². The fraction of sp³-hybridized carbons (Fsp3) is 0.375. The second-order valence-corrected chi connectivity index (χ2v) is 4.26. The quantitative estimate of drug-likeness (QED) is 0.489. The lowest BCUT2D eigenvalue weighted by Crippen LogP contribution is -2.22. The van der Waals surface area contributed by atoms with E-state index in [0.29, 0.717) is 13.0 Å². The number of hydrogen-bond donors (Lipinski definition) is 1. The SMILES string of the molecule is COC(=O)CCCCCNC(=O)C#Cc1ccccc1. The van der Waals surface area contributed by atoms with Crippen molar-refractivity contribution in [2.45, 2.75) is 25.7 Å². The zero-order valence-electron chi connectivity index (χ0n) is 11.6. The summed E-state index contributed by atoms with van der Waals surface area (Å²) in [6.45, 7) is 0.573. The summed E-state index contributed by atoms with van der Waals surface area (Å²) in [7, 11) is 1.38. The van der Waals surface area contributed by atoms with Gasteiger partial charge >= 0.3 is 5.97 Å². The van der Waals surface area contributed by atoms with Crippen LogP contribution in [0.1, 0.15) is 31.2 Å². The highest BCUT2D eigenvalue weighted by Gasteiger charge is 1.99. The first-order chi connectivity index (χ1) is 9.72. The summed E-state index contributed by atoms with van der Waals surface area (Å²) < 4.78 is 4.54. The molecule has 4 nitrogen and oxygen atoms in total. The molecule has 0 aliphatic carbocycles. The zero-order chi connectivity index (χ0) is 14.6. The largest absolute Gasteiger partial charge is 0.469 e. The third kappa shape index (κ3) is 7.22. The molecule has 0 aliphatic heterocycles. The molecule has 1 aromatic rings. The van der Waals surface area contributed by atoms with Crippen LogP contribution in [0.5, 0.6) is 0 Å². The van der Waals surface area contributed by atoms with Gasteiger partial charge in [-0.05, 0) is 25.0 Å². The molecule has 1 N–H and O–H groups in total. The first-order valence-corrected chi connectivity index (χ1v) is 6.64. The van der Waals surface area contributed by atoms with Gasteiger partial charge < -0.3 is 10.1 Å². The molecule has 1 rings (SSSR count). The predicted octanol–water partition coefficient (Wildman–Crippen LogP) is 1.89. The van der Waals surface area contributed by atoms with Crippen molar-refractivity contribution >= 4 is 11.9 Å². The number of carbonyl (C=O) groups is 2. The molecular weight excluding hydrogens is 254 g/mol. The van der Waals surface area contributed by atoms with Gasteiger partial charge in [0.15, 0.2) is 0 Å². The van der Waals surface area contributed by atoms with Crippen molar-refractivity contribution < 1.29 is 14.3 Å². The molecule has 0 bridgehead atoms. The second-order valence-electron chi connectivity index (χ2n) is 4.26. The topological polar surface area (TPSA) is 55.4 Å². The van der Waals surface area contributed by atoms with Gasteiger partial charge in [-0.1, -0.05) is 30.5 Å². The third-order valence-corrected chi connectivity index (χ3v) is 2.67. The average molecular weight is 273 g/mol. The molecule has 0 aliphatic rings. The smallest absolute Gasteiger partial charge is 0.305 e. The Morgan fingerprint density at radius 3 is 2.60 bits per heavy atom. The van der Waals surface area contributed by atoms with Crippen LogP contribution < -0.4 is 5.32 Å². The van der Waals surface area contributed by atoms with Gasteiger partial charge in [0.2, 0.25) is 0 Å². The van der Waals surface area contributed by atoms with Crippen LogP contribution >= 0.6 is 0 Å². The van der Waals surface area contributed by atoms with Gasteiger partial charge in [-0.2, -0.15) is 0 Å². The van der Waals surface area contributed by atoms with E-state index < -0.39 is 0 Å². The van der Waals surface area contributed by atoms with E-state index in [4.69, 9.17) is 0 Å². The molecule has 0 atom stereocenters. The highest BCUT2D eigenvalue weighted by Crippen LogP contribution is 2.00. The second kappa shape index (κ2) is 9.62. The molecule has 1 aromatic carbocycles. The molecule has 106 valence electrons. The number of unbranched alkanes of at least 4 members (excludes halogenated alkanes) is 2. The fourth-order valence-corrected chi connectivity index (χ4v) is 1.57. The van der Waals surface area contributed by atoms with Crippen LogP contribution in [0, 0.1) is 11.8 Å². The number of carbonyl (C=O) groups excluding carboxylic acids is 2. The van der Waals surface area contributed by atoms with E-state index in [1.807, 2.05) is 30.3 Å². The molecule has 1 amide bonds. The molecule has 0 heterocycles. The van der Waals surface area contributed by atoms with Crippen LogP contribution in [-0.2, 0) is 14.3 Å². The van der Waals surface area contributed by atoms with E-state index in [1.54, 1.807) is 0 Å². The Morgan fingerprint density at radius 1 is 1.15 bits per heavy atom. The van der Waals surface area contributed by atoms with Crippen molar-refractivity contribution in [3.05, 3.63) is 35.9 Å². The van der Waals surface area contributed by atoms with Crippen molar-refractivity contribution in [3.63, 3.8) is 0 Å². The minimum Gasteiger partial charge on any atom is -0.469 e. The van der Waals surface area contributed by atoms with Crippen molar-refractivity contribution in [1.82, 2.24) is 5.32 Å². The molecule has 0 spiro atoms. The lowest BCUT2D eigenvalue weighted by atomic mass is 10.2. The Kier molecular flexibility index (Phi) is 7.59. The van der Waals surface area contributed by atoms with Gasteiger partial charge in [0.05, 0.1) is 7.11 Å². The molecule has 0 saturated carbocycles. The molecule has 0 saturated heterocycles. The Balaban J connectivity index is 2.12. The van der Waals surface area contributed by atoms with Gasteiger partial charge in [-0.25, -0.2) is 0 Å². The van der Waals surface area contributed by atoms with E-state index in [9.17, 15) is 9.59 Å². The number of nitrogens with one attached hydrogen (secondary N) is 1. The van der Waals surface area contributed by atoms with Crippen LogP contribution in [0.3, 0.4) is 0 Å². The summed E-state index contributed by atoms with van der Waals surface area (Å²) in [5, 5.41) is 2.73. The number of benzene rings is 1. The number of methoxy groups -OCH3 is 1. The average Bonchev–Trinajstić information content (AvgIpc) is 2.49. The molecule has 0 radical (unpaired) electrons.